The van der Waals surface area contributed by atoms with E-state index in [0.717, 1.165) is 16.7 Å². The van der Waals surface area contributed by atoms with E-state index in [1.807, 2.05) is 24.3 Å². The van der Waals surface area contributed by atoms with E-state index in [4.69, 9.17) is 10.3 Å². The molecule has 0 aliphatic rings. The van der Waals surface area contributed by atoms with Gasteiger partial charge in [0.1, 0.15) is 5.82 Å². The van der Waals surface area contributed by atoms with Crippen LogP contribution in [0.5, 0.6) is 0 Å². The number of rotatable bonds is 5. The molecule has 3 rings (SSSR count). The molecule has 2 aromatic carbocycles. The van der Waals surface area contributed by atoms with Crippen LogP contribution in [0.15, 0.2) is 53.1 Å². The maximum atomic E-state index is 12.9. The summed E-state index contributed by atoms with van der Waals surface area (Å²) in [5, 5.41) is 3.50. The van der Waals surface area contributed by atoms with Gasteiger partial charge in [0, 0.05) is 6.42 Å². The summed E-state index contributed by atoms with van der Waals surface area (Å²) in [7, 11) is 0. The van der Waals surface area contributed by atoms with Gasteiger partial charge in [0.15, 0.2) is 0 Å². The fourth-order valence-electron chi connectivity index (χ4n) is 2.21. The quantitative estimate of drug-likeness (QED) is 0.785. The largest absolute Gasteiger partial charge is 0.363 e. The molecule has 1 aromatic heterocycles. The third-order valence-electron chi connectivity index (χ3n) is 3.45. The molecule has 0 bridgehead atoms. The minimum Gasteiger partial charge on any atom is -0.363 e. The van der Waals surface area contributed by atoms with Crippen molar-refractivity contribution in [2.24, 2.45) is 5.73 Å². The molecule has 1 heterocycles. The van der Waals surface area contributed by atoms with Crippen LogP contribution in [0.4, 0.5) is 4.39 Å². The first kappa shape index (κ1) is 14.9. The Morgan fingerprint density at radius 2 is 1.61 bits per heavy atom. The van der Waals surface area contributed by atoms with E-state index < -0.39 is 5.91 Å². The summed E-state index contributed by atoms with van der Waals surface area (Å²) in [6, 6.07) is 14.3. The molecule has 0 aliphatic carbocycles. The number of benzene rings is 2. The Morgan fingerprint density at radius 3 is 2.17 bits per heavy atom. The van der Waals surface area contributed by atoms with Gasteiger partial charge in [-0.05, 0) is 35.2 Å². The monoisotopic (exact) mass is 311 g/mol. The van der Waals surface area contributed by atoms with Gasteiger partial charge in [-0.3, -0.25) is 4.79 Å². The molecule has 5 nitrogen and oxygen atoms in total. The fourth-order valence-corrected chi connectivity index (χ4v) is 2.21. The normalized spacial score (nSPS) is 10.7. The van der Waals surface area contributed by atoms with Crippen LogP contribution >= 0.6 is 0 Å². The third-order valence-corrected chi connectivity index (χ3v) is 3.45. The first-order valence-corrected chi connectivity index (χ1v) is 7.09. The molecule has 116 valence electrons. The van der Waals surface area contributed by atoms with Crippen molar-refractivity contribution in [1.29, 1.82) is 0 Å². The van der Waals surface area contributed by atoms with E-state index in [1.165, 1.54) is 12.1 Å². The van der Waals surface area contributed by atoms with Crippen LogP contribution in [0.25, 0.3) is 11.1 Å². The van der Waals surface area contributed by atoms with Crippen LogP contribution in [-0.4, -0.2) is 16.0 Å². The average molecular weight is 311 g/mol. The number of hydrogen-bond acceptors (Lipinski definition) is 4. The van der Waals surface area contributed by atoms with Crippen LogP contribution in [0.2, 0.25) is 0 Å². The smallest absolute Gasteiger partial charge is 0.290 e. The topological polar surface area (TPSA) is 82.0 Å². The lowest BCUT2D eigenvalue weighted by molar-refractivity contribution is 0.0987. The highest BCUT2D eigenvalue weighted by atomic mass is 19.1. The van der Waals surface area contributed by atoms with E-state index in [2.05, 4.69) is 10.1 Å². The van der Waals surface area contributed by atoms with Gasteiger partial charge in [-0.15, -0.1) is 0 Å². The molecule has 3 aromatic rings. The summed E-state index contributed by atoms with van der Waals surface area (Å²) in [6.45, 7) is 0. The second-order valence-electron chi connectivity index (χ2n) is 5.08. The van der Waals surface area contributed by atoms with E-state index in [-0.39, 0.29) is 11.6 Å². The van der Waals surface area contributed by atoms with E-state index in [9.17, 15) is 9.18 Å². The lowest BCUT2D eigenvalue weighted by atomic mass is 10.0. The molecule has 0 saturated carbocycles. The molecule has 23 heavy (non-hydrogen) atoms. The molecule has 0 unspecified atom stereocenters. The van der Waals surface area contributed by atoms with Crippen molar-refractivity contribution in [3.05, 3.63) is 71.6 Å². The molecule has 6 heteroatoms. The number of aryl methyl sites for hydroxylation is 2. The van der Waals surface area contributed by atoms with Gasteiger partial charge in [0.2, 0.25) is 5.89 Å². The van der Waals surface area contributed by atoms with E-state index in [0.29, 0.717) is 18.7 Å². The standard InChI is InChI=1S/C17H14FN3O2/c18-14-8-6-13(7-9-14)12-4-1-11(2-5-12)3-10-15-20-17(16(19)22)21-23-15/h1-2,4-9H,3,10H2,(H2,19,22). The van der Waals surface area contributed by atoms with Crippen molar-refractivity contribution in [2.75, 3.05) is 0 Å². The third kappa shape index (κ3) is 3.60. The highest BCUT2D eigenvalue weighted by molar-refractivity contribution is 5.88. The molecule has 0 saturated heterocycles. The average Bonchev–Trinajstić information content (AvgIpc) is 3.04. The molecule has 0 fully saturated rings. The van der Waals surface area contributed by atoms with Crippen molar-refractivity contribution in [2.45, 2.75) is 12.8 Å². The zero-order valence-electron chi connectivity index (χ0n) is 12.2. The van der Waals surface area contributed by atoms with E-state index in [1.54, 1.807) is 12.1 Å². The van der Waals surface area contributed by atoms with Crippen LogP contribution in [0.3, 0.4) is 0 Å². The fraction of sp³-hybridized carbons (Fsp3) is 0.118. The summed E-state index contributed by atoms with van der Waals surface area (Å²) in [4.78, 5) is 14.8. The highest BCUT2D eigenvalue weighted by Gasteiger charge is 2.10. The zero-order chi connectivity index (χ0) is 16.2. The summed E-state index contributed by atoms with van der Waals surface area (Å²) >= 11 is 0. The molecule has 0 radical (unpaired) electrons. The van der Waals surface area contributed by atoms with Gasteiger partial charge in [0.05, 0.1) is 0 Å². The summed E-state index contributed by atoms with van der Waals surface area (Å²) in [6.07, 6.45) is 1.22. The molecule has 2 N–H and O–H groups in total. The van der Waals surface area contributed by atoms with Crippen LogP contribution in [0.1, 0.15) is 22.1 Å². The van der Waals surface area contributed by atoms with Crippen molar-refractivity contribution in [1.82, 2.24) is 10.1 Å². The Labute approximate surface area is 131 Å². The zero-order valence-corrected chi connectivity index (χ0v) is 12.2. The van der Waals surface area contributed by atoms with Crippen LogP contribution in [-0.2, 0) is 12.8 Å². The molecular formula is C17H14FN3O2. The molecule has 1 amide bonds. The van der Waals surface area contributed by atoms with Gasteiger partial charge >= 0.3 is 0 Å². The SMILES string of the molecule is NC(=O)c1noc(CCc2ccc(-c3ccc(F)cc3)cc2)n1. The summed E-state index contributed by atoms with van der Waals surface area (Å²) in [5.74, 6) is -0.683. The Morgan fingerprint density at radius 1 is 1.00 bits per heavy atom. The van der Waals surface area contributed by atoms with Gasteiger partial charge in [-0.25, -0.2) is 4.39 Å². The van der Waals surface area contributed by atoms with Gasteiger partial charge in [-0.1, -0.05) is 41.6 Å². The number of amides is 1. The Hall–Kier alpha value is -3.02. The van der Waals surface area contributed by atoms with Gasteiger partial charge in [-0.2, -0.15) is 4.98 Å². The molecular weight excluding hydrogens is 297 g/mol. The molecule has 0 spiro atoms. The number of carbonyl (C=O) groups is 1. The second-order valence-corrected chi connectivity index (χ2v) is 5.08. The van der Waals surface area contributed by atoms with Crippen LogP contribution in [0, 0.1) is 5.82 Å². The predicted molar refractivity (Wildman–Crippen MR) is 82.1 cm³/mol. The number of halogens is 1. The lowest BCUT2D eigenvalue weighted by Crippen LogP contribution is -2.12. The maximum absolute atomic E-state index is 12.9. The minimum absolute atomic E-state index is 0.105. The number of nitrogens with two attached hydrogens (primary N) is 1. The highest BCUT2D eigenvalue weighted by Crippen LogP contribution is 2.20. The Kier molecular flexibility index (Phi) is 4.14. The second kappa shape index (κ2) is 6.39. The van der Waals surface area contributed by atoms with Crippen molar-refractivity contribution in [3.8, 4) is 11.1 Å². The summed E-state index contributed by atoms with van der Waals surface area (Å²) < 4.78 is 17.9. The van der Waals surface area contributed by atoms with Crippen molar-refractivity contribution >= 4 is 5.91 Å². The van der Waals surface area contributed by atoms with Crippen LogP contribution < -0.4 is 5.73 Å². The first-order valence-electron chi connectivity index (χ1n) is 7.09. The molecule has 0 aliphatic heterocycles. The van der Waals surface area contributed by atoms with Gasteiger partial charge in [0.25, 0.3) is 11.7 Å². The number of nitrogens with zero attached hydrogens (tertiary/aromatic N) is 2. The minimum atomic E-state index is -0.705. The number of hydrogen-bond donors (Lipinski definition) is 1. The number of carbonyl (C=O) groups excluding carboxylic acids is 1. The predicted octanol–water partition coefficient (Wildman–Crippen LogP) is 2.76. The Balaban J connectivity index is 1.65. The maximum Gasteiger partial charge on any atom is 0.290 e. The lowest BCUT2D eigenvalue weighted by Gasteiger charge is -2.04. The summed E-state index contributed by atoms with van der Waals surface area (Å²) in [5.41, 5.74) is 8.14. The molecule has 0 atom stereocenters. The van der Waals surface area contributed by atoms with Crippen molar-refractivity contribution in [3.63, 3.8) is 0 Å². The van der Waals surface area contributed by atoms with E-state index >= 15 is 0 Å². The first-order chi connectivity index (χ1) is 11.1. The number of aromatic nitrogens is 2. The Bertz CT molecular complexity index is 811. The van der Waals surface area contributed by atoms with Crippen molar-refractivity contribution < 1.29 is 13.7 Å². The number of primary amides is 1. The van der Waals surface area contributed by atoms with Gasteiger partial charge < -0.3 is 10.3 Å².